The minimum Gasteiger partial charge on any atom is -0.496 e. The van der Waals surface area contributed by atoms with Gasteiger partial charge in [0.2, 0.25) is 0 Å². The number of methoxy groups -OCH3 is 3. The zero-order valence-corrected chi connectivity index (χ0v) is 24.9. The average Bonchev–Trinajstić information content (AvgIpc) is 3.24. The fraction of sp³-hybridized carbons (Fsp3) is 0.606. The minimum atomic E-state index is -0.402. The summed E-state index contributed by atoms with van der Waals surface area (Å²) in [4.78, 5) is 15.7. The lowest BCUT2D eigenvalue weighted by Crippen LogP contribution is -2.70. The molecule has 1 spiro atoms. The maximum atomic E-state index is 13.8. The van der Waals surface area contributed by atoms with Crippen LogP contribution in [0, 0.1) is 22.7 Å². The molecule has 0 aromatic heterocycles. The van der Waals surface area contributed by atoms with Gasteiger partial charge < -0.3 is 29.0 Å². The molecule has 40 heavy (non-hydrogen) atoms. The minimum absolute atomic E-state index is 0.0201. The number of amides is 1. The number of rotatable bonds is 5. The van der Waals surface area contributed by atoms with Gasteiger partial charge in [0.15, 0.2) is 11.5 Å². The number of fused-ring (bicyclic) bond motifs is 3. The predicted molar refractivity (Wildman–Crippen MR) is 152 cm³/mol. The molecule has 6 rings (SSSR count). The standard InChI is InChI=1S/C33H43NO6/c1-19-8-11-27-31(2,3)28(35)12-13-33(27)32(19,4)16-22-25(38-6)15-21-23(29(22)40-33)18-34(30(21)36)17-20-9-10-24(37-5)26(14-20)39-7/h9-10,14-15,19,27-28,35H,8,11-13,16-18H2,1-7H3/t19-,27-,28?,32+,33-/m0/s1. The summed E-state index contributed by atoms with van der Waals surface area (Å²) in [5.74, 6) is 3.53. The molecule has 2 aromatic rings. The Morgan fingerprint density at radius 2 is 1.70 bits per heavy atom. The van der Waals surface area contributed by atoms with Gasteiger partial charge in [-0.3, -0.25) is 4.79 Å². The van der Waals surface area contributed by atoms with Gasteiger partial charge in [-0.15, -0.1) is 0 Å². The van der Waals surface area contributed by atoms with Crippen molar-refractivity contribution in [2.24, 2.45) is 22.7 Å². The summed E-state index contributed by atoms with van der Waals surface area (Å²) >= 11 is 0. The van der Waals surface area contributed by atoms with Crippen molar-refractivity contribution < 1.29 is 28.8 Å². The molecule has 2 fully saturated rings. The summed E-state index contributed by atoms with van der Waals surface area (Å²) < 4.78 is 24.2. The fourth-order valence-electron chi connectivity index (χ4n) is 8.59. The van der Waals surface area contributed by atoms with Gasteiger partial charge in [-0.25, -0.2) is 0 Å². The van der Waals surface area contributed by atoms with Gasteiger partial charge in [-0.1, -0.05) is 33.8 Å². The normalized spacial score (nSPS) is 31.9. The second-order valence-electron chi connectivity index (χ2n) is 13.3. The van der Waals surface area contributed by atoms with E-state index in [1.807, 2.05) is 29.2 Å². The van der Waals surface area contributed by atoms with Gasteiger partial charge in [0.05, 0.1) is 39.5 Å². The van der Waals surface area contributed by atoms with Crippen molar-refractivity contribution in [3.05, 3.63) is 46.5 Å². The number of hydrogen-bond acceptors (Lipinski definition) is 6. The number of aliphatic hydroxyl groups is 1. The highest BCUT2D eigenvalue weighted by molar-refractivity contribution is 6.00. The molecule has 2 heterocycles. The third-order valence-corrected chi connectivity index (χ3v) is 11.2. The first-order valence-electron chi connectivity index (χ1n) is 14.6. The fourth-order valence-corrected chi connectivity index (χ4v) is 8.59. The lowest BCUT2D eigenvalue weighted by Gasteiger charge is -2.67. The zero-order chi connectivity index (χ0) is 28.6. The third-order valence-electron chi connectivity index (χ3n) is 11.2. The molecule has 216 valence electrons. The summed E-state index contributed by atoms with van der Waals surface area (Å²) in [6.45, 7) is 10.1. The highest BCUT2D eigenvalue weighted by Crippen LogP contribution is 2.67. The molecule has 0 saturated heterocycles. The summed E-state index contributed by atoms with van der Waals surface area (Å²) in [6, 6.07) is 7.70. The molecule has 1 amide bonds. The smallest absolute Gasteiger partial charge is 0.255 e. The van der Waals surface area contributed by atoms with Crippen LogP contribution in [-0.4, -0.2) is 48.9 Å². The van der Waals surface area contributed by atoms with Crippen molar-refractivity contribution in [3.63, 3.8) is 0 Å². The second kappa shape index (κ2) is 9.30. The average molecular weight is 550 g/mol. The van der Waals surface area contributed by atoms with Crippen molar-refractivity contribution in [2.45, 2.75) is 84.6 Å². The van der Waals surface area contributed by atoms with E-state index in [-0.39, 0.29) is 28.8 Å². The molecule has 2 aliphatic carbocycles. The highest BCUT2D eigenvalue weighted by Gasteiger charge is 2.68. The molecule has 2 saturated carbocycles. The van der Waals surface area contributed by atoms with Crippen molar-refractivity contribution in [1.29, 1.82) is 0 Å². The second-order valence-corrected chi connectivity index (χ2v) is 13.3. The van der Waals surface area contributed by atoms with Crippen molar-refractivity contribution >= 4 is 5.91 Å². The first kappa shape index (κ1) is 27.3. The molecule has 5 atom stereocenters. The monoisotopic (exact) mass is 549 g/mol. The Kier molecular flexibility index (Phi) is 6.34. The van der Waals surface area contributed by atoms with Crippen LogP contribution in [0.4, 0.5) is 0 Å². The van der Waals surface area contributed by atoms with Crippen LogP contribution < -0.4 is 18.9 Å². The van der Waals surface area contributed by atoms with Gasteiger partial charge in [0, 0.05) is 29.0 Å². The number of carbonyl (C=O) groups is 1. The maximum Gasteiger partial charge on any atom is 0.255 e. The van der Waals surface area contributed by atoms with E-state index in [4.69, 9.17) is 18.9 Å². The van der Waals surface area contributed by atoms with E-state index in [0.29, 0.717) is 36.1 Å². The lowest BCUT2D eigenvalue weighted by molar-refractivity contribution is -0.233. The Morgan fingerprint density at radius 3 is 2.40 bits per heavy atom. The third kappa shape index (κ3) is 3.62. The predicted octanol–water partition coefficient (Wildman–Crippen LogP) is 5.78. The Hall–Kier alpha value is -2.93. The van der Waals surface area contributed by atoms with Crippen LogP contribution in [0.3, 0.4) is 0 Å². The topological polar surface area (TPSA) is 77.5 Å². The zero-order valence-electron chi connectivity index (χ0n) is 24.9. The Labute approximate surface area is 237 Å². The highest BCUT2D eigenvalue weighted by atomic mass is 16.5. The molecule has 2 aliphatic heterocycles. The molecule has 0 radical (unpaired) electrons. The molecular formula is C33H43NO6. The van der Waals surface area contributed by atoms with Crippen LogP contribution in [0.15, 0.2) is 24.3 Å². The molecule has 2 aromatic carbocycles. The molecular weight excluding hydrogens is 506 g/mol. The van der Waals surface area contributed by atoms with E-state index in [2.05, 4.69) is 27.7 Å². The van der Waals surface area contributed by atoms with Crippen molar-refractivity contribution in [3.8, 4) is 23.0 Å². The van der Waals surface area contributed by atoms with Gasteiger partial charge >= 0.3 is 0 Å². The first-order valence-corrected chi connectivity index (χ1v) is 14.6. The van der Waals surface area contributed by atoms with Gasteiger partial charge in [0.1, 0.15) is 17.1 Å². The number of ether oxygens (including phenoxy) is 4. The van der Waals surface area contributed by atoms with Crippen LogP contribution in [-0.2, 0) is 19.5 Å². The number of carbonyl (C=O) groups excluding carboxylic acids is 1. The van der Waals surface area contributed by atoms with E-state index in [1.54, 1.807) is 21.3 Å². The van der Waals surface area contributed by atoms with Crippen LogP contribution in [0.1, 0.15) is 80.4 Å². The van der Waals surface area contributed by atoms with E-state index < -0.39 is 5.60 Å². The Morgan fingerprint density at radius 1 is 0.975 bits per heavy atom. The molecule has 4 aliphatic rings. The van der Waals surface area contributed by atoms with Crippen LogP contribution in [0.5, 0.6) is 23.0 Å². The molecule has 0 bridgehead atoms. The first-order chi connectivity index (χ1) is 19.0. The van der Waals surface area contributed by atoms with E-state index in [1.165, 1.54) is 0 Å². The van der Waals surface area contributed by atoms with Gasteiger partial charge in [-0.2, -0.15) is 0 Å². The largest absolute Gasteiger partial charge is 0.496 e. The quantitative estimate of drug-likeness (QED) is 0.510. The number of hydrogen-bond donors (Lipinski definition) is 1. The van der Waals surface area contributed by atoms with Gasteiger partial charge in [0.25, 0.3) is 5.91 Å². The summed E-state index contributed by atoms with van der Waals surface area (Å²) in [5.41, 5.74) is 2.89. The maximum absolute atomic E-state index is 13.8. The summed E-state index contributed by atoms with van der Waals surface area (Å²) in [5, 5.41) is 11.1. The number of nitrogens with zero attached hydrogens (tertiary/aromatic N) is 1. The van der Waals surface area contributed by atoms with Crippen molar-refractivity contribution in [1.82, 2.24) is 4.90 Å². The lowest BCUT2D eigenvalue weighted by atomic mass is 9.43. The molecule has 7 heteroatoms. The van der Waals surface area contributed by atoms with Crippen LogP contribution in [0.25, 0.3) is 0 Å². The number of aliphatic hydroxyl groups excluding tert-OH is 1. The number of benzene rings is 2. The van der Waals surface area contributed by atoms with Crippen LogP contribution >= 0.6 is 0 Å². The van der Waals surface area contributed by atoms with Crippen molar-refractivity contribution in [2.75, 3.05) is 21.3 Å². The summed E-state index contributed by atoms with van der Waals surface area (Å²) in [7, 11) is 4.92. The SMILES string of the molecule is COc1ccc(CN2Cc3c(cc(OC)c4c3O[C@@]35CCC(O)C(C)(C)[C@@H]3CC[C@H](C)[C@@]5(C)C4)C2=O)cc1OC. The van der Waals surface area contributed by atoms with Gasteiger partial charge in [-0.05, 0) is 67.2 Å². The van der Waals surface area contributed by atoms with E-state index in [9.17, 15) is 9.90 Å². The van der Waals surface area contributed by atoms with E-state index in [0.717, 1.165) is 60.3 Å². The molecule has 1 N–H and O–H groups in total. The molecule has 7 nitrogen and oxygen atoms in total. The Balaban J connectivity index is 1.42. The van der Waals surface area contributed by atoms with Crippen LogP contribution in [0.2, 0.25) is 0 Å². The molecule has 1 unspecified atom stereocenters. The van der Waals surface area contributed by atoms with E-state index >= 15 is 0 Å². The Bertz CT molecular complexity index is 1350. The summed E-state index contributed by atoms with van der Waals surface area (Å²) in [6.07, 6.45) is 4.18.